The van der Waals surface area contributed by atoms with Crippen LogP contribution in [0.2, 0.25) is 0 Å². The van der Waals surface area contributed by atoms with Crippen LogP contribution in [0.25, 0.3) is 0 Å². The third kappa shape index (κ3) is 19.4. The van der Waals surface area contributed by atoms with E-state index in [2.05, 4.69) is 21.3 Å². The van der Waals surface area contributed by atoms with E-state index in [-0.39, 0.29) is 6.16 Å². The number of nitrogens with one attached hydrogen (secondary N) is 4. The molecular formula is C15H39N5O6P2. The summed E-state index contributed by atoms with van der Waals surface area (Å²) in [4.78, 5) is 36.5. The van der Waals surface area contributed by atoms with Gasteiger partial charge in [0.05, 0.1) is 0 Å². The Hall–Kier alpha value is 0.1000. The van der Waals surface area contributed by atoms with Crippen LogP contribution in [0.5, 0.6) is 0 Å². The van der Waals surface area contributed by atoms with Crippen molar-refractivity contribution in [2.45, 2.75) is 37.9 Å². The van der Waals surface area contributed by atoms with Crippen molar-refractivity contribution < 1.29 is 28.7 Å². The summed E-state index contributed by atoms with van der Waals surface area (Å²) in [5.41, 5.74) is 5.37. The van der Waals surface area contributed by atoms with E-state index in [1.165, 1.54) is 0 Å². The van der Waals surface area contributed by atoms with Gasteiger partial charge in [0.1, 0.15) is 5.78 Å². The first kappa shape index (κ1) is 28.1. The fraction of sp³-hybridized carbons (Fsp3) is 1.00. The van der Waals surface area contributed by atoms with E-state index in [9.17, 15) is 18.9 Å². The average molecular weight is 447 g/mol. The van der Waals surface area contributed by atoms with Crippen LogP contribution in [0.4, 0.5) is 0 Å². The molecule has 0 aliphatic carbocycles. The Bertz CT molecular complexity index is 462. The summed E-state index contributed by atoms with van der Waals surface area (Å²) < 4.78 is 22.3. The number of unbranched alkanes of at least 4 members (excludes halogenated alkanes) is 3. The first-order valence-corrected chi connectivity index (χ1v) is 13.3. The molecule has 0 fully saturated rings. The zero-order valence-electron chi connectivity index (χ0n) is 16.6. The van der Waals surface area contributed by atoms with Crippen molar-refractivity contribution in [2.75, 3.05) is 58.5 Å². The fourth-order valence-corrected chi connectivity index (χ4v) is 4.08. The average Bonchev–Trinajstić information content (AvgIpc) is 2.58. The van der Waals surface area contributed by atoms with Crippen molar-refractivity contribution in [3.63, 3.8) is 0 Å². The van der Waals surface area contributed by atoms with Gasteiger partial charge in [0, 0.05) is 58.5 Å². The zero-order chi connectivity index (χ0) is 21.3. The summed E-state index contributed by atoms with van der Waals surface area (Å²) in [5, 5.41) is 12.6. The lowest BCUT2D eigenvalue weighted by Crippen LogP contribution is -2.38. The Morgan fingerprint density at radius 2 is 1.21 bits per heavy atom. The van der Waals surface area contributed by atoms with E-state index in [0.29, 0.717) is 51.7 Å². The molecule has 0 saturated carbocycles. The van der Waals surface area contributed by atoms with Gasteiger partial charge in [-0.25, -0.2) is 0 Å². The molecule has 0 rings (SSSR count). The predicted molar refractivity (Wildman–Crippen MR) is 111 cm³/mol. The molecule has 170 valence electrons. The predicted octanol–water partition coefficient (Wildman–Crippen LogP) is -1.06. The van der Waals surface area contributed by atoms with E-state index in [1.807, 2.05) is 0 Å². The van der Waals surface area contributed by atoms with Gasteiger partial charge in [-0.1, -0.05) is 19.3 Å². The van der Waals surface area contributed by atoms with Gasteiger partial charge < -0.3 is 46.6 Å². The lowest BCUT2D eigenvalue weighted by molar-refractivity contribution is 0.338. The molecule has 0 aromatic rings. The summed E-state index contributed by atoms with van der Waals surface area (Å²) >= 11 is 0. The van der Waals surface area contributed by atoms with Crippen LogP contribution in [0.1, 0.15) is 32.1 Å². The first-order valence-electron chi connectivity index (χ1n) is 9.82. The van der Waals surface area contributed by atoms with Crippen LogP contribution < -0.4 is 27.0 Å². The number of hydrogen-bond acceptors (Lipinski definition) is 7. The maximum atomic E-state index is 11.6. The quantitative estimate of drug-likeness (QED) is 0.0816. The molecule has 0 saturated heterocycles. The normalized spacial score (nSPS) is 13.8. The van der Waals surface area contributed by atoms with E-state index in [0.717, 1.165) is 32.7 Å². The second kappa shape index (κ2) is 16.8. The van der Waals surface area contributed by atoms with Gasteiger partial charge in [-0.3, -0.25) is 9.13 Å². The van der Waals surface area contributed by atoms with Crippen molar-refractivity contribution in [2.24, 2.45) is 5.73 Å². The molecule has 0 bridgehead atoms. The Balaban J connectivity index is 3.71. The lowest BCUT2D eigenvalue weighted by atomic mass is 10.1. The molecule has 0 spiro atoms. The standard InChI is InChI=1S/C15H39N5O6P2/c16-6-7-17-8-9-18-10-11-19-12-13-20-15(28(24,25)26)5-3-1-2-4-14-27(21,22)23/h15,17-20H,1-14,16H2,(H2,21,22,23)(H2,24,25,26). The van der Waals surface area contributed by atoms with Crippen LogP contribution in [-0.4, -0.2) is 83.9 Å². The lowest BCUT2D eigenvalue weighted by Gasteiger charge is -2.20. The summed E-state index contributed by atoms with van der Waals surface area (Å²) in [6, 6.07) is 0. The van der Waals surface area contributed by atoms with Crippen LogP contribution in [0.3, 0.4) is 0 Å². The molecule has 10 N–H and O–H groups in total. The Morgan fingerprint density at radius 1 is 0.714 bits per heavy atom. The third-order valence-electron chi connectivity index (χ3n) is 4.04. The maximum absolute atomic E-state index is 11.6. The molecule has 0 radical (unpaired) electrons. The molecular weight excluding hydrogens is 408 g/mol. The molecule has 0 aromatic carbocycles. The molecule has 0 aliphatic heterocycles. The number of nitrogens with two attached hydrogens (primary N) is 1. The van der Waals surface area contributed by atoms with Crippen LogP contribution in [0.15, 0.2) is 0 Å². The summed E-state index contributed by atoms with van der Waals surface area (Å²) in [6.07, 6.45) is 2.52. The van der Waals surface area contributed by atoms with Crippen molar-refractivity contribution in [1.82, 2.24) is 21.3 Å². The maximum Gasteiger partial charge on any atom is 0.342 e. The molecule has 13 heteroatoms. The highest BCUT2D eigenvalue weighted by molar-refractivity contribution is 7.52. The topological polar surface area (TPSA) is 189 Å². The summed E-state index contributed by atoms with van der Waals surface area (Å²) in [5.74, 6) is -0.886. The third-order valence-corrected chi connectivity index (χ3v) is 6.19. The zero-order valence-corrected chi connectivity index (χ0v) is 18.3. The first-order chi connectivity index (χ1) is 13.2. The second-order valence-electron chi connectivity index (χ2n) is 6.69. The van der Waals surface area contributed by atoms with Crippen molar-refractivity contribution >= 4 is 15.2 Å². The van der Waals surface area contributed by atoms with Gasteiger partial charge in [-0.2, -0.15) is 0 Å². The highest BCUT2D eigenvalue weighted by atomic mass is 31.2. The molecule has 0 heterocycles. The van der Waals surface area contributed by atoms with Crippen LogP contribution in [0, 0.1) is 0 Å². The van der Waals surface area contributed by atoms with Gasteiger partial charge in [0.25, 0.3) is 0 Å². The minimum atomic E-state index is -4.23. The van der Waals surface area contributed by atoms with Gasteiger partial charge in [0.2, 0.25) is 0 Å². The van der Waals surface area contributed by atoms with Gasteiger partial charge in [0.15, 0.2) is 0 Å². The smallest absolute Gasteiger partial charge is 0.329 e. The van der Waals surface area contributed by atoms with Crippen molar-refractivity contribution in [3.05, 3.63) is 0 Å². The van der Waals surface area contributed by atoms with Crippen LogP contribution >= 0.6 is 15.2 Å². The largest absolute Gasteiger partial charge is 0.342 e. The molecule has 1 atom stereocenters. The SMILES string of the molecule is NCCNCCNCCNCCNC(CCCCCCP(=O)(O)O)P(=O)(O)O. The van der Waals surface area contributed by atoms with E-state index < -0.39 is 21.0 Å². The summed E-state index contributed by atoms with van der Waals surface area (Å²) in [6.45, 7) is 5.77. The van der Waals surface area contributed by atoms with E-state index in [4.69, 9.17) is 15.5 Å². The Kier molecular flexibility index (Phi) is 16.9. The molecule has 1 unspecified atom stereocenters. The summed E-state index contributed by atoms with van der Waals surface area (Å²) in [7, 11) is -8.18. The van der Waals surface area contributed by atoms with E-state index >= 15 is 0 Å². The second-order valence-corrected chi connectivity index (χ2v) is 10.3. The highest BCUT2D eigenvalue weighted by Gasteiger charge is 2.27. The van der Waals surface area contributed by atoms with E-state index in [1.54, 1.807) is 0 Å². The molecule has 28 heavy (non-hydrogen) atoms. The fourth-order valence-electron chi connectivity index (χ4n) is 2.56. The van der Waals surface area contributed by atoms with Gasteiger partial charge in [-0.15, -0.1) is 0 Å². The molecule has 11 nitrogen and oxygen atoms in total. The Labute approximate surface area is 167 Å². The Morgan fingerprint density at radius 3 is 1.71 bits per heavy atom. The highest BCUT2D eigenvalue weighted by Crippen LogP contribution is 2.42. The number of hydrogen-bond donors (Lipinski definition) is 9. The molecule has 0 amide bonds. The van der Waals surface area contributed by atoms with Crippen molar-refractivity contribution in [3.8, 4) is 0 Å². The minimum absolute atomic E-state index is 0.141. The van der Waals surface area contributed by atoms with Crippen LogP contribution in [-0.2, 0) is 9.13 Å². The monoisotopic (exact) mass is 447 g/mol. The molecule has 0 aromatic heterocycles. The van der Waals surface area contributed by atoms with Gasteiger partial charge >= 0.3 is 15.2 Å². The number of rotatable bonds is 20. The van der Waals surface area contributed by atoms with Gasteiger partial charge in [-0.05, 0) is 12.8 Å². The minimum Gasteiger partial charge on any atom is -0.329 e. The molecule has 0 aliphatic rings. The van der Waals surface area contributed by atoms with Crippen molar-refractivity contribution in [1.29, 1.82) is 0 Å².